The third-order valence-electron chi connectivity index (χ3n) is 7.24. The van der Waals surface area contributed by atoms with Gasteiger partial charge in [-0.3, -0.25) is 0 Å². The van der Waals surface area contributed by atoms with Gasteiger partial charge in [-0.25, -0.2) is 0 Å². The van der Waals surface area contributed by atoms with Crippen LogP contribution < -0.4 is 0 Å². The lowest BCUT2D eigenvalue weighted by Gasteiger charge is -2.13. The van der Waals surface area contributed by atoms with Gasteiger partial charge >= 0.3 is 0 Å². The number of hydrogen-bond acceptors (Lipinski definition) is 0. The highest BCUT2D eigenvalue weighted by molar-refractivity contribution is 6.33. The number of hydrogen-bond donors (Lipinski definition) is 0. The topological polar surface area (TPSA) is 0 Å². The normalized spacial score (nSPS) is 15.0. The second-order valence-electron chi connectivity index (χ2n) is 8.48. The molecule has 0 bridgehead atoms. The van der Waals surface area contributed by atoms with Gasteiger partial charge in [0, 0.05) is 0 Å². The van der Waals surface area contributed by atoms with E-state index in [4.69, 9.17) is 0 Å². The summed E-state index contributed by atoms with van der Waals surface area (Å²) in [6.07, 6.45) is 3.27. The molecule has 0 radical (unpaired) electrons. The fourth-order valence-corrected chi connectivity index (χ4v) is 6.25. The van der Waals surface area contributed by atoms with Crippen molar-refractivity contribution in [3.05, 3.63) is 94.0 Å². The van der Waals surface area contributed by atoms with Crippen molar-refractivity contribution in [1.82, 2.24) is 0 Å². The molecule has 0 heteroatoms. The van der Waals surface area contributed by atoms with Gasteiger partial charge in [0.05, 0.1) is 0 Å². The highest BCUT2D eigenvalue weighted by Crippen LogP contribution is 2.54. The Bertz CT molecular complexity index is 1480. The fourth-order valence-electron chi connectivity index (χ4n) is 6.25. The minimum Gasteiger partial charge on any atom is -0.0622 e. The molecule has 3 aliphatic carbocycles. The average molecular weight is 340 g/mol. The lowest BCUT2D eigenvalue weighted by molar-refractivity contribution is 1.24. The molecule has 0 nitrogen and oxygen atoms in total. The summed E-state index contributed by atoms with van der Waals surface area (Å²) in [4.78, 5) is 0. The number of rotatable bonds is 1. The first kappa shape index (κ1) is 13.1. The summed E-state index contributed by atoms with van der Waals surface area (Å²) in [5, 5.41) is 9.44. The zero-order valence-electron chi connectivity index (χ0n) is 14.9. The van der Waals surface area contributed by atoms with Gasteiger partial charge in [-0.2, -0.15) is 0 Å². The van der Waals surface area contributed by atoms with Crippen LogP contribution in [0.5, 0.6) is 0 Å². The first-order chi connectivity index (χ1) is 13.4. The lowest BCUT2D eigenvalue weighted by Crippen LogP contribution is -1.91. The Morgan fingerprint density at radius 1 is 0.444 bits per heavy atom. The van der Waals surface area contributed by atoms with E-state index in [1.807, 2.05) is 0 Å². The summed E-state index contributed by atoms with van der Waals surface area (Å²) < 4.78 is 0. The molecule has 0 saturated carbocycles. The second kappa shape index (κ2) is 4.07. The molecule has 0 unspecified atom stereocenters. The van der Waals surface area contributed by atoms with Crippen molar-refractivity contribution < 1.29 is 0 Å². The van der Waals surface area contributed by atoms with E-state index in [1.54, 1.807) is 37.9 Å². The van der Waals surface area contributed by atoms with Gasteiger partial charge < -0.3 is 0 Å². The van der Waals surface area contributed by atoms with E-state index in [9.17, 15) is 0 Å². The molecule has 0 saturated heterocycles. The molecule has 0 aliphatic heterocycles. The van der Waals surface area contributed by atoms with E-state index in [0.29, 0.717) is 0 Å². The zero-order chi connectivity index (χ0) is 17.3. The van der Waals surface area contributed by atoms with Gasteiger partial charge in [0.25, 0.3) is 0 Å². The summed E-state index contributed by atoms with van der Waals surface area (Å²) in [7, 11) is 0. The molecule has 0 amide bonds. The predicted octanol–water partition coefficient (Wildman–Crippen LogP) is 6.53. The first-order valence-corrected chi connectivity index (χ1v) is 9.93. The summed E-state index contributed by atoms with van der Waals surface area (Å²) in [5.74, 6) is 0. The Labute approximate surface area is 157 Å². The Morgan fingerprint density at radius 2 is 0.963 bits per heavy atom. The molecule has 5 aromatic carbocycles. The highest BCUT2D eigenvalue weighted by Gasteiger charge is 2.32. The van der Waals surface area contributed by atoms with Crippen LogP contribution in [0.25, 0.3) is 43.4 Å². The van der Waals surface area contributed by atoms with Crippen LogP contribution in [0.4, 0.5) is 0 Å². The fraction of sp³-hybridized carbons (Fsp3) is 0.111. The Balaban J connectivity index is 1.70. The van der Waals surface area contributed by atoms with Crippen LogP contribution in [0.3, 0.4) is 0 Å². The van der Waals surface area contributed by atoms with Crippen molar-refractivity contribution in [1.29, 1.82) is 0 Å². The minimum absolute atomic E-state index is 1.08. The maximum atomic E-state index is 2.50. The largest absolute Gasteiger partial charge is 0.0622 e. The van der Waals surface area contributed by atoms with Crippen molar-refractivity contribution in [3.8, 4) is 11.1 Å². The third kappa shape index (κ3) is 1.32. The van der Waals surface area contributed by atoms with E-state index in [1.165, 1.54) is 38.9 Å². The molecule has 3 aliphatic rings. The van der Waals surface area contributed by atoms with Crippen molar-refractivity contribution in [2.24, 2.45) is 0 Å². The molecule has 8 rings (SSSR count). The van der Waals surface area contributed by atoms with Crippen LogP contribution in [-0.4, -0.2) is 0 Å². The molecular weight excluding hydrogens is 324 g/mol. The van der Waals surface area contributed by atoms with Crippen LogP contribution in [0, 0.1) is 0 Å². The molecule has 124 valence electrons. The third-order valence-corrected chi connectivity index (χ3v) is 7.24. The summed E-state index contributed by atoms with van der Waals surface area (Å²) in [6.45, 7) is 0. The Morgan fingerprint density at radius 3 is 1.63 bits per heavy atom. The Kier molecular flexibility index (Phi) is 1.98. The van der Waals surface area contributed by atoms with Crippen LogP contribution in [0.1, 0.15) is 33.4 Å². The van der Waals surface area contributed by atoms with Gasteiger partial charge in [0.1, 0.15) is 0 Å². The van der Waals surface area contributed by atoms with Gasteiger partial charge in [-0.05, 0) is 102 Å². The maximum Gasteiger partial charge on any atom is -0.000682 e. The molecular formula is C27H16. The van der Waals surface area contributed by atoms with E-state index >= 15 is 0 Å². The highest BCUT2D eigenvalue weighted by atomic mass is 14.4. The summed E-state index contributed by atoms with van der Waals surface area (Å²) in [5.41, 5.74) is 12.0. The van der Waals surface area contributed by atoms with E-state index in [2.05, 4.69) is 60.7 Å². The smallest absolute Gasteiger partial charge is 0.000682 e. The number of benzene rings is 5. The molecule has 5 aromatic rings. The zero-order valence-corrected chi connectivity index (χ0v) is 14.9. The molecule has 0 fully saturated rings. The van der Waals surface area contributed by atoms with Crippen LogP contribution in [0.2, 0.25) is 0 Å². The summed E-state index contributed by atoms with van der Waals surface area (Å²) >= 11 is 0. The van der Waals surface area contributed by atoms with Gasteiger partial charge in [-0.1, -0.05) is 54.6 Å². The van der Waals surface area contributed by atoms with E-state index in [0.717, 1.165) is 19.3 Å². The Hall–Kier alpha value is -3.12. The van der Waals surface area contributed by atoms with Crippen LogP contribution in [-0.2, 0) is 19.3 Å². The quantitative estimate of drug-likeness (QED) is 0.298. The minimum atomic E-state index is 1.08. The van der Waals surface area contributed by atoms with Crippen LogP contribution >= 0.6 is 0 Å². The van der Waals surface area contributed by atoms with Gasteiger partial charge in [-0.15, -0.1) is 0 Å². The van der Waals surface area contributed by atoms with E-state index in [-0.39, 0.29) is 0 Å². The van der Waals surface area contributed by atoms with E-state index < -0.39 is 0 Å². The van der Waals surface area contributed by atoms with Crippen LogP contribution in [0.15, 0.2) is 60.7 Å². The van der Waals surface area contributed by atoms with Crippen molar-refractivity contribution in [2.75, 3.05) is 0 Å². The molecule has 0 atom stereocenters. The molecule has 0 heterocycles. The molecule has 27 heavy (non-hydrogen) atoms. The maximum absolute atomic E-state index is 2.50. The van der Waals surface area contributed by atoms with Crippen molar-refractivity contribution >= 4 is 32.3 Å². The standard InChI is InChI=1S/C27H16/c1-2-4-14(5-3-1)20-13-19-11-17-7-6-15-10-16-8-9-18-12-21(20)27-25(18)23(16)22(15)24(17)26(19)27/h1-9,13H,10-12H2. The van der Waals surface area contributed by atoms with Crippen molar-refractivity contribution in [3.63, 3.8) is 0 Å². The molecule has 0 aromatic heterocycles. The van der Waals surface area contributed by atoms with Gasteiger partial charge in [0.2, 0.25) is 0 Å². The monoisotopic (exact) mass is 340 g/mol. The molecule has 0 N–H and O–H groups in total. The first-order valence-electron chi connectivity index (χ1n) is 9.93. The van der Waals surface area contributed by atoms with Crippen molar-refractivity contribution in [2.45, 2.75) is 19.3 Å². The molecule has 0 spiro atoms. The summed E-state index contributed by atoms with van der Waals surface area (Å²) in [6, 6.07) is 23.1. The SMILES string of the molecule is c1ccc(-c2cc3c4c5c(ccc6c5c5c(ccc7c5c4c2C7)C6)C3)cc1. The second-order valence-corrected chi connectivity index (χ2v) is 8.48. The lowest BCUT2D eigenvalue weighted by atomic mass is 9.90. The van der Waals surface area contributed by atoms with Gasteiger partial charge in [0.15, 0.2) is 0 Å². The predicted molar refractivity (Wildman–Crippen MR) is 113 cm³/mol. The average Bonchev–Trinajstić information content (AvgIpc) is 3.37.